The number of carboxylic acid groups (broad SMARTS) is 1. The predicted octanol–water partition coefficient (Wildman–Crippen LogP) is 3.55. The number of aromatic nitrogens is 2. The summed E-state index contributed by atoms with van der Waals surface area (Å²) in [6, 6.07) is 12.0. The van der Waals surface area contributed by atoms with E-state index in [0.717, 1.165) is 39.4 Å². The minimum Gasteiger partial charge on any atom is -0.481 e. The molecular weight excluding hydrogens is 276 g/mol. The Labute approximate surface area is 129 Å². The number of pyridine rings is 1. The third-order valence-electron chi connectivity index (χ3n) is 3.90. The number of nitrogens with zero attached hydrogens (tertiary/aromatic N) is 2. The van der Waals surface area contributed by atoms with Crippen molar-refractivity contribution in [2.75, 3.05) is 0 Å². The zero-order valence-electron chi connectivity index (χ0n) is 12.9. The maximum absolute atomic E-state index is 11.3. The van der Waals surface area contributed by atoms with Crippen LogP contribution in [0.1, 0.15) is 22.5 Å². The van der Waals surface area contributed by atoms with Crippen LogP contribution in [0.3, 0.4) is 0 Å². The summed E-state index contributed by atoms with van der Waals surface area (Å²) in [4.78, 5) is 16.0. The first-order valence-electron chi connectivity index (χ1n) is 7.23. The van der Waals surface area contributed by atoms with E-state index in [0.29, 0.717) is 0 Å². The van der Waals surface area contributed by atoms with Crippen LogP contribution in [0, 0.1) is 20.8 Å². The molecule has 4 heteroatoms. The zero-order chi connectivity index (χ0) is 15.9. The van der Waals surface area contributed by atoms with E-state index < -0.39 is 5.97 Å². The number of rotatable bonds is 3. The highest BCUT2D eigenvalue weighted by Gasteiger charge is 2.18. The van der Waals surface area contributed by atoms with Crippen LogP contribution in [0.5, 0.6) is 0 Å². The van der Waals surface area contributed by atoms with E-state index in [1.165, 1.54) is 0 Å². The van der Waals surface area contributed by atoms with Crippen LogP contribution >= 0.6 is 0 Å². The van der Waals surface area contributed by atoms with Crippen LogP contribution in [0.25, 0.3) is 16.9 Å². The Bertz CT molecular complexity index is 878. The Hall–Kier alpha value is -2.62. The summed E-state index contributed by atoms with van der Waals surface area (Å²) in [7, 11) is 0. The Balaban J connectivity index is 2.35. The first-order valence-corrected chi connectivity index (χ1v) is 7.23. The largest absolute Gasteiger partial charge is 0.481 e. The van der Waals surface area contributed by atoms with E-state index in [-0.39, 0.29) is 6.42 Å². The summed E-state index contributed by atoms with van der Waals surface area (Å²) >= 11 is 0. The van der Waals surface area contributed by atoms with E-state index in [1.807, 2.05) is 49.4 Å². The van der Waals surface area contributed by atoms with Crippen molar-refractivity contribution < 1.29 is 9.90 Å². The zero-order valence-corrected chi connectivity index (χ0v) is 12.9. The fourth-order valence-corrected chi connectivity index (χ4v) is 2.84. The van der Waals surface area contributed by atoms with Crippen molar-refractivity contribution in [1.29, 1.82) is 0 Å². The van der Waals surface area contributed by atoms with Gasteiger partial charge in [0, 0.05) is 11.3 Å². The molecule has 0 spiro atoms. The molecule has 112 valence electrons. The van der Waals surface area contributed by atoms with Gasteiger partial charge in [0.2, 0.25) is 0 Å². The molecule has 0 bridgehead atoms. The van der Waals surface area contributed by atoms with Crippen molar-refractivity contribution in [3.63, 3.8) is 0 Å². The number of hydrogen-bond acceptors (Lipinski definition) is 2. The molecule has 0 amide bonds. The number of imidazole rings is 1. The highest BCUT2D eigenvalue weighted by molar-refractivity contribution is 5.77. The van der Waals surface area contributed by atoms with Crippen LogP contribution in [0.2, 0.25) is 0 Å². The Morgan fingerprint density at radius 1 is 1.18 bits per heavy atom. The number of hydrogen-bond donors (Lipinski definition) is 1. The Morgan fingerprint density at radius 3 is 2.68 bits per heavy atom. The molecule has 0 saturated carbocycles. The molecule has 0 aliphatic carbocycles. The van der Waals surface area contributed by atoms with Crippen molar-refractivity contribution >= 4 is 11.6 Å². The van der Waals surface area contributed by atoms with Crippen molar-refractivity contribution in [3.8, 4) is 11.3 Å². The van der Waals surface area contributed by atoms with E-state index in [1.54, 1.807) is 0 Å². The van der Waals surface area contributed by atoms with Gasteiger partial charge in [-0.2, -0.15) is 0 Å². The highest BCUT2D eigenvalue weighted by atomic mass is 16.4. The first-order chi connectivity index (χ1) is 10.5. The van der Waals surface area contributed by atoms with Gasteiger partial charge in [0.15, 0.2) is 0 Å². The molecule has 1 aromatic carbocycles. The predicted molar refractivity (Wildman–Crippen MR) is 86.2 cm³/mol. The van der Waals surface area contributed by atoms with Gasteiger partial charge in [-0.25, -0.2) is 4.98 Å². The standard InChI is InChI=1S/C18H18N2O2/c1-11-7-8-12(2)14(9-11)18-15(10-17(21)22)20-13(3)5-4-6-16(20)19-18/h4-9H,10H2,1-3H3,(H,21,22). The fourth-order valence-electron chi connectivity index (χ4n) is 2.84. The number of benzene rings is 1. The average molecular weight is 294 g/mol. The summed E-state index contributed by atoms with van der Waals surface area (Å²) in [5.74, 6) is -0.850. The van der Waals surface area contributed by atoms with E-state index in [9.17, 15) is 9.90 Å². The van der Waals surface area contributed by atoms with Crippen LogP contribution in [0.4, 0.5) is 0 Å². The molecule has 3 rings (SSSR count). The van der Waals surface area contributed by atoms with Gasteiger partial charge in [-0.15, -0.1) is 0 Å². The van der Waals surface area contributed by atoms with Gasteiger partial charge in [-0.1, -0.05) is 23.8 Å². The van der Waals surface area contributed by atoms with Crippen LogP contribution < -0.4 is 0 Å². The van der Waals surface area contributed by atoms with Gasteiger partial charge in [0.25, 0.3) is 0 Å². The molecule has 0 aliphatic heterocycles. The fraction of sp³-hybridized carbons (Fsp3) is 0.222. The molecule has 0 radical (unpaired) electrons. The minimum atomic E-state index is -0.850. The van der Waals surface area contributed by atoms with Gasteiger partial charge >= 0.3 is 5.97 Å². The lowest BCUT2D eigenvalue weighted by Crippen LogP contribution is -2.06. The number of aliphatic carboxylic acids is 1. The molecule has 2 aromatic heterocycles. The van der Waals surface area contributed by atoms with E-state index in [2.05, 4.69) is 12.1 Å². The molecule has 4 nitrogen and oxygen atoms in total. The lowest BCUT2D eigenvalue weighted by Gasteiger charge is -2.08. The maximum Gasteiger partial charge on any atom is 0.309 e. The second-order valence-corrected chi connectivity index (χ2v) is 5.66. The van der Waals surface area contributed by atoms with Crippen LogP contribution in [0.15, 0.2) is 36.4 Å². The molecule has 0 fully saturated rings. The van der Waals surface area contributed by atoms with E-state index >= 15 is 0 Å². The SMILES string of the molecule is Cc1ccc(C)c(-c2nc3cccc(C)n3c2CC(=O)O)c1. The molecule has 0 saturated heterocycles. The van der Waals surface area contributed by atoms with Gasteiger partial charge in [0.1, 0.15) is 5.65 Å². The second-order valence-electron chi connectivity index (χ2n) is 5.66. The van der Waals surface area contributed by atoms with Crippen molar-refractivity contribution in [2.45, 2.75) is 27.2 Å². The van der Waals surface area contributed by atoms with E-state index in [4.69, 9.17) is 4.98 Å². The van der Waals surface area contributed by atoms with Gasteiger partial charge < -0.3 is 9.51 Å². The quantitative estimate of drug-likeness (QED) is 0.803. The molecule has 3 aromatic rings. The van der Waals surface area contributed by atoms with Gasteiger partial charge in [-0.3, -0.25) is 4.79 Å². The maximum atomic E-state index is 11.3. The molecule has 0 aliphatic rings. The molecule has 0 atom stereocenters. The molecule has 0 unspecified atom stereocenters. The summed E-state index contributed by atoms with van der Waals surface area (Å²) in [6.07, 6.45) is -0.0469. The molecule has 1 N–H and O–H groups in total. The molecule has 2 heterocycles. The normalized spacial score (nSPS) is 11.0. The Morgan fingerprint density at radius 2 is 1.95 bits per heavy atom. The number of carboxylic acids is 1. The third-order valence-corrected chi connectivity index (χ3v) is 3.90. The number of aryl methyl sites for hydroxylation is 3. The van der Waals surface area contributed by atoms with Crippen LogP contribution in [-0.2, 0) is 11.2 Å². The van der Waals surface area contributed by atoms with Gasteiger partial charge in [0.05, 0.1) is 17.8 Å². The smallest absolute Gasteiger partial charge is 0.309 e. The average Bonchev–Trinajstić information content (AvgIpc) is 2.81. The summed E-state index contributed by atoms with van der Waals surface area (Å²) in [5, 5.41) is 9.29. The lowest BCUT2D eigenvalue weighted by atomic mass is 10.0. The summed E-state index contributed by atoms with van der Waals surface area (Å²) in [6.45, 7) is 6.02. The number of carbonyl (C=O) groups is 1. The first kappa shape index (κ1) is 14.3. The topological polar surface area (TPSA) is 54.6 Å². The summed E-state index contributed by atoms with van der Waals surface area (Å²) in [5.41, 5.74) is 6.49. The van der Waals surface area contributed by atoms with Gasteiger partial charge in [-0.05, 0) is 44.5 Å². The van der Waals surface area contributed by atoms with Crippen molar-refractivity contribution in [3.05, 3.63) is 58.9 Å². The molecule has 22 heavy (non-hydrogen) atoms. The Kier molecular flexibility index (Phi) is 3.45. The van der Waals surface area contributed by atoms with Crippen molar-refractivity contribution in [2.24, 2.45) is 0 Å². The summed E-state index contributed by atoms with van der Waals surface area (Å²) < 4.78 is 1.94. The monoisotopic (exact) mass is 294 g/mol. The second kappa shape index (κ2) is 5.30. The molecular formula is C18H18N2O2. The lowest BCUT2D eigenvalue weighted by molar-refractivity contribution is -0.136. The van der Waals surface area contributed by atoms with Crippen molar-refractivity contribution in [1.82, 2.24) is 9.38 Å². The minimum absolute atomic E-state index is 0.0469. The third kappa shape index (κ3) is 2.37. The van der Waals surface area contributed by atoms with Crippen LogP contribution in [-0.4, -0.2) is 20.5 Å². The number of fused-ring (bicyclic) bond motifs is 1. The highest BCUT2D eigenvalue weighted by Crippen LogP contribution is 2.29.